The highest BCUT2D eigenvalue weighted by Crippen LogP contribution is 2.33. The van der Waals surface area contributed by atoms with Crippen molar-refractivity contribution in [3.8, 4) is 0 Å². The number of aryl methyl sites for hydroxylation is 4. The van der Waals surface area contributed by atoms with Crippen LogP contribution in [0.2, 0.25) is 0 Å². The van der Waals surface area contributed by atoms with E-state index in [0.717, 1.165) is 22.3 Å². The Balaban J connectivity index is 1.87. The molecule has 0 aliphatic carbocycles. The Morgan fingerprint density at radius 3 is 2.07 bits per heavy atom. The fourth-order valence-corrected chi connectivity index (χ4v) is 5.23. The third-order valence-electron chi connectivity index (χ3n) is 5.49. The summed E-state index contributed by atoms with van der Waals surface area (Å²) < 4.78 is 37.7. The lowest BCUT2D eigenvalue weighted by Gasteiger charge is -2.30. The van der Waals surface area contributed by atoms with E-state index >= 15 is 0 Å². The highest BCUT2D eigenvalue weighted by molar-refractivity contribution is 7.92. The first-order valence-electron chi connectivity index (χ1n) is 9.80. The molecule has 0 atom stereocenters. The molecule has 1 aliphatic heterocycles. The van der Waals surface area contributed by atoms with Crippen molar-refractivity contribution in [1.82, 2.24) is 9.13 Å². The van der Waals surface area contributed by atoms with Gasteiger partial charge in [-0.1, -0.05) is 6.07 Å². The number of sulfonamides is 1. The van der Waals surface area contributed by atoms with Crippen LogP contribution in [0.25, 0.3) is 11.0 Å². The van der Waals surface area contributed by atoms with Gasteiger partial charge in [0.15, 0.2) is 0 Å². The molecule has 2 heterocycles. The molecule has 30 heavy (non-hydrogen) atoms. The van der Waals surface area contributed by atoms with Crippen LogP contribution in [0.4, 0.5) is 11.4 Å². The molecule has 160 valence electrons. The summed E-state index contributed by atoms with van der Waals surface area (Å²) in [5.74, 6) is 0. The van der Waals surface area contributed by atoms with Crippen molar-refractivity contribution < 1.29 is 13.2 Å². The summed E-state index contributed by atoms with van der Waals surface area (Å²) in [6, 6.07) is 8.86. The van der Waals surface area contributed by atoms with Gasteiger partial charge >= 0.3 is 5.69 Å². The zero-order valence-electron chi connectivity index (χ0n) is 17.6. The largest absolute Gasteiger partial charge is 0.378 e. The molecule has 0 spiro atoms. The van der Waals surface area contributed by atoms with Crippen molar-refractivity contribution in [3.63, 3.8) is 0 Å². The second kappa shape index (κ2) is 7.48. The Morgan fingerprint density at radius 2 is 1.47 bits per heavy atom. The summed E-state index contributed by atoms with van der Waals surface area (Å²) in [7, 11) is -0.409. The number of morpholine rings is 1. The van der Waals surface area contributed by atoms with Crippen molar-refractivity contribution in [1.29, 1.82) is 0 Å². The van der Waals surface area contributed by atoms with Crippen LogP contribution in [0, 0.1) is 13.8 Å². The van der Waals surface area contributed by atoms with E-state index in [1.54, 1.807) is 36.9 Å². The first-order chi connectivity index (χ1) is 14.2. The average Bonchev–Trinajstić information content (AvgIpc) is 2.91. The molecule has 1 N–H and O–H groups in total. The molecule has 3 aromatic rings. The minimum atomic E-state index is -3.81. The van der Waals surface area contributed by atoms with Gasteiger partial charge in [0.25, 0.3) is 10.0 Å². The van der Waals surface area contributed by atoms with Crippen LogP contribution >= 0.6 is 0 Å². The molecule has 2 aromatic carbocycles. The van der Waals surface area contributed by atoms with Gasteiger partial charge in [-0.3, -0.25) is 13.9 Å². The van der Waals surface area contributed by atoms with Gasteiger partial charge < -0.3 is 9.64 Å². The van der Waals surface area contributed by atoms with Gasteiger partial charge in [-0.2, -0.15) is 0 Å². The lowest BCUT2D eigenvalue weighted by molar-refractivity contribution is 0.123. The number of hydrogen-bond acceptors (Lipinski definition) is 5. The van der Waals surface area contributed by atoms with Gasteiger partial charge in [-0.25, -0.2) is 13.2 Å². The molecule has 0 radical (unpaired) electrons. The number of hydrogen-bond donors (Lipinski definition) is 1. The zero-order chi connectivity index (χ0) is 21.6. The molecule has 1 aliphatic rings. The molecule has 0 bridgehead atoms. The standard InChI is InChI=1S/C21H26N4O4S/c1-14-9-15(2)11-16(10-14)30(27,28)22-17-12-19-20(24(4)21(26)23(19)3)13-18(17)25-5-7-29-8-6-25/h9-13,22H,5-8H2,1-4H3. The number of nitrogens with zero attached hydrogens (tertiary/aromatic N) is 3. The minimum absolute atomic E-state index is 0.160. The van der Waals surface area contributed by atoms with Crippen LogP contribution in [-0.4, -0.2) is 43.9 Å². The topological polar surface area (TPSA) is 85.6 Å². The molecule has 9 heteroatoms. The van der Waals surface area contributed by atoms with Crippen LogP contribution < -0.4 is 15.3 Å². The number of ether oxygens (including phenoxy) is 1. The molecule has 0 saturated carbocycles. The van der Waals surface area contributed by atoms with Crippen LogP contribution in [0.1, 0.15) is 11.1 Å². The molecule has 0 amide bonds. The summed E-state index contributed by atoms with van der Waals surface area (Å²) in [4.78, 5) is 14.7. The van der Waals surface area contributed by atoms with Crippen molar-refractivity contribution >= 4 is 32.4 Å². The maximum atomic E-state index is 13.2. The van der Waals surface area contributed by atoms with Gasteiger partial charge in [-0.05, 0) is 49.2 Å². The normalized spacial score (nSPS) is 15.0. The molecule has 1 saturated heterocycles. The van der Waals surface area contributed by atoms with Crippen molar-refractivity contribution in [2.75, 3.05) is 35.9 Å². The Labute approximate surface area is 175 Å². The Hall–Kier alpha value is -2.78. The zero-order valence-corrected chi connectivity index (χ0v) is 18.4. The number of fused-ring (bicyclic) bond motifs is 1. The van der Waals surface area contributed by atoms with E-state index in [9.17, 15) is 13.2 Å². The Kier molecular flexibility index (Phi) is 5.11. The van der Waals surface area contributed by atoms with Crippen molar-refractivity contribution in [2.24, 2.45) is 14.1 Å². The Morgan fingerprint density at radius 1 is 0.900 bits per heavy atom. The van der Waals surface area contributed by atoms with E-state index in [4.69, 9.17) is 4.74 Å². The van der Waals surface area contributed by atoms with E-state index in [1.165, 1.54) is 4.57 Å². The van der Waals surface area contributed by atoms with E-state index in [2.05, 4.69) is 9.62 Å². The maximum absolute atomic E-state index is 13.2. The summed E-state index contributed by atoms with van der Waals surface area (Å²) in [6.07, 6.45) is 0. The number of benzene rings is 2. The highest BCUT2D eigenvalue weighted by atomic mass is 32.2. The minimum Gasteiger partial charge on any atom is -0.378 e. The molecule has 8 nitrogen and oxygen atoms in total. The van der Waals surface area contributed by atoms with Crippen LogP contribution in [0.5, 0.6) is 0 Å². The van der Waals surface area contributed by atoms with Crippen LogP contribution in [-0.2, 0) is 28.9 Å². The molecule has 0 unspecified atom stereocenters. The number of rotatable bonds is 4. The van der Waals surface area contributed by atoms with Gasteiger partial charge in [0.05, 0.1) is 40.5 Å². The lowest BCUT2D eigenvalue weighted by atomic mass is 10.2. The third-order valence-corrected chi connectivity index (χ3v) is 6.84. The molecule has 1 aromatic heterocycles. The van der Waals surface area contributed by atoms with Crippen LogP contribution in [0.15, 0.2) is 40.0 Å². The summed E-state index contributed by atoms with van der Waals surface area (Å²) in [5.41, 5.74) is 4.20. The monoisotopic (exact) mass is 430 g/mol. The summed E-state index contributed by atoms with van der Waals surface area (Å²) in [6.45, 7) is 6.16. The number of aromatic nitrogens is 2. The van der Waals surface area contributed by atoms with E-state index < -0.39 is 10.0 Å². The fraction of sp³-hybridized carbons (Fsp3) is 0.381. The number of anilines is 2. The molecular formula is C21H26N4O4S. The summed E-state index contributed by atoms with van der Waals surface area (Å²) in [5, 5.41) is 0. The predicted octanol–water partition coefficient (Wildman–Crippen LogP) is 2.13. The Bertz CT molecular complexity index is 1260. The van der Waals surface area contributed by atoms with Gasteiger partial charge in [0.1, 0.15) is 0 Å². The average molecular weight is 431 g/mol. The molecule has 4 rings (SSSR count). The van der Waals surface area contributed by atoms with E-state index in [0.29, 0.717) is 37.5 Å². The van der Waals surface area contributed by atoms with Crippen molar-refractivity contribution in [3.05, 3.63) is 51.9 Å². The fourth-order valence-electron chi connectivity index (χ4n) is 3.97. The smallest absolute Gasteiger partial charge is 0.328 e. The first kappa shape index (κ1) is 20.5. The molecular weight excluding hydrogens is 404 g/mol. The second-order valence-corrected chi connectivity index (χ2v) is 9.47. The van der Waals surface area contributed by atoms with Crippen molar-refractivity contribution in [2.45, 2.75) is 18.7 Å². The SMILES string of the molecule is Cc1cc(C)cc(S(=O)(=O)Nc2cc3c(cc2N2CCOCC2)n(C)c(=O)n3C)c1. The second-order valence-electron chi connectivity index (χ2n) is 7.79. The summed E-state index contributed by atoms with van der Waals surface area (Å²) >= 11 is 0. The van der Waals surface area contributed by atoms with Gasteiger partial charge in [0, 0.05) is 27.2 Å². The molecule has 1 fully saturated rings. The van der Waals surface area contributed by atoms with Gasteiger partial charge in [-0.15, -0.1) is 0 Å². The highest BCUT2D eigenvalue weighted by Gasteiger charge is 2.23. The maximum Gasteiger partial charge on any atom is 0.328 e. The first-order valence-corrected chi connectivity index (χ1v) is 11.3. The van der Waals surface area contributed by atoms with Crippen LogP contribution in [0.3, 0.4) is 0 Å². The third kappa shape index (κ3) is 3.59. The van der Waals surface area contributed by atoms with E-state index in [1.807, 2.05) is 26.0 Å². The number of nitrogens with one attached hydrogen (secondary N) is 1. The predicted molar refractivity (Wildman–Crippen MR) is 118 cm³/mol. The quantitative estimate of drug-likeness (QED) is 0.685. The van der Waals surface area contributed by atoms with Gasteiger partial charge in [0.2, 0.25) is 0 Å². The van der Waals surface area contributed by atoms with E-state index in [-0.39, 0.29) is 10.6 Å². The lowest BCUT2D eigenvalue weighted by Crippen LogP contribution is -2.36. The number of imidazole rings is 1.